The Balaban J connectivity index is 1.92. The van der Waals surface area contributed by atoms with Gasteiger partial charge in [-0.1, -0.05) is 53.0 Å². The molecule has 0 unspecified atom stereocenters. The average molecular weight is 342 g/mol. The van der Waals surface area contributed by atoms with E-state index >= 15 is 0 Å². The molecule has 0 radical (unpaired) electrons. The molecule has 0 atom stereocenters. The lowest BCUT2D eigenvalue weighted by atomic mass is 10.2. The number of esters is 1. The minimum Gasteiger partial charge on any atom is -0.458 e. The van der Waals surface area contributed by atoms with Crippen molar-refractivity contribution in [3.8, 4) is 0 Å². The van der Waals surface area contributed by atoms with Gasteiger partial charge < -0.3 is 4.74 Å². The molecule has 0 aliphatic heterocycles. The fourth-order valence-electron chi connectivity index (χ4n) is 1.58. The topological polar surface area (TPSA) is 26.3 Å². The lowest BCUT2D eigenvalue weighted by molar-refractivity contribution is -0.138. The van der Waals surface area contributed by atoms with Crippen LogP contribution in [0.25, 0.3) is 6.08 Å². The molecular weight excluding hydrogens is 331 g/mol. The molecule has 2 rings (SSSR count). The van der Waals surface area contributed by atoms with E-state index in [2.05, 4.69) is 0 Å². The van der Waals surface area contributed by atoms with Crippen molar-refractivity contribution in [3.05, 3.63) is 74.7 Å². The highest BCUT2D eigenvalue weighted by Crippen LogP contribution is 2.22. The highest BCUT2D eigenvalue weighted by atomic mass is 35.5. The van der Waals surface area contributed by atoms with E-state index in [1.807, 2.05) is 0 Å². The summed E-state index contributed by atoms with van der Waals surface area (Å²) in [6.07, 6.45) is 2.91. The van der Waals surface area contributed by atoms with Crippen LogP contribution in [0.3, 0.4) is 0 Å². The fourth-order valence-corrected chi connectivity index (χ4v) is 2.18. The summed E-state index contributed by atoms with van der Waals surface area (Å²) in [5.41, 5.74) is 1.56. The van der Waals surface area contributed by atoms with Gasteiger partial charge in [-0.3, -0.25) is 0 Å². The largest absolute Gasteiger partial charge is 0.458 e. The standard InChI is InChI=1S/C16H11Cl3O2/c17-13-5-1-11(2-6-13)10-21-16(20)8-4-12-3-7-14(18)9-15(12)19/h1-9H,10H2. The molecule has 0 saturated carbocycles. The Hall–Kier alpha value is -1.48. The van der Waals surface area contributed by atoms with Gasteiger partial charge in [-0.05, 0) is 41.5 Å². The molecular formula is C16H11Cl3O2. The molecule has 108 valence electrons. The highest BCUT2D eigenvalue weighted by Gasteiger charge is 2.01. The van der Waals surface area contributed by atoms with Gasteiger partial charge in [-0.2, -0.15) is 0 Å². The van der Waals surface area contributed by atoms with Crippen LogP contribution in [0.1, 0.15) is 11.1 Å². The Bertz CT molecular complexity index is 664. The van der Waals surface area contributed by atoms with Crippen molar-refractivity contribution in [1.29, 1.82) is 0 Å². The summed E-state index contributed by atoms with van der Waals surface area (Å²) in [5, 5.41) is 1.66. The predicted molar refractivity (Wildman–Crippen MR) is 86.7 cm³/mol. The molecule has 0 amide bonds. The number of hydrogen-bond donors (Lipinski definition) is 0. The minimum atomic E-state index is -0.448. The second kappa shape index (κ2) is 7.51. The Labute approximate surface area is 137 Å². The van der Waals surface area contributed by atoms with Crippen LogP contribution in [0.15, 0.2) is 48.5 Å². The minimum absolute atomic E-state index is 0.189. The summed E-state index contributed by atoms with van der Waals surface area (Å²) in [4.78, 5) is 11.6. The zero-order valence-electron chi connectivity index (χ0n) is 10.9. The van der Waals surface area contributed by atoms with E-state index in [-0.39, 0.29) is 6.61 Å². The number of ether oxygens (including phenoxy) is 1. The lowest BCUT2D eigenvalue weighted by Crippen LogP contribution is -2.00. The van der Waals surface area contributed by atoms with E-state index in [0.29, 0.717) is 20.6 Å². The number of carbonyl (C=O) groups excluding carboxylic acids is 1. The van der Waals surface area contributed by atoms with Gasteiger partial charge in [0.05, 0.1) is 0 Å². The molecule has 0 aromatic heterocycles. The average Bonchev–Trinajstić information content (AvgIpc) is 2.46. The number of carbonyl (C=O) groups is 1. The van der Waals surface area contributed by atoms with Crippen LogP contribution in [0.4, 0.5) is 0 Å². The predicted octanol–water partition coefficient (Wildman–Crippen LogP) is 5.40. The smallest absolute Gasteiger partial charge is 0.331 e. The molecule has 0 aliphatic carbocycles. The Morgan fingerprint density at radius 1 is 1.00 bits per heavy atom. The third kappa shape index (κ3) is 5.09. The second-order valence-electron chi connectivity index (χ2n) is 4.23. The Kier molecular flexibility index (Phi) is 5.68. The Morgan fingerprint density at radius 3 is 2.33 bits per heavy atom. The quantitative estimate of drug-likeness (QED) is 0.549. The van der Waals surface area contributed by atoms with Crippen LogP contribution in [0.5, 0.6) is 0 Å². The summed E-state index contributed by atoms with van der Waals surface area (Å²) in [5.74, 6) is -0.448. The van der Waals surface area contributed by atoms with E-state index in [4.69, 9.17) is 39.5 Å². The van der Waals surface area contributed by atoms with Crippen molar-refractivity contribution in [2.24, 2.45) is 0 Å². The summed E-state index contributed by atoms with van der Waals surface area (Å²) in [6.45, 7) is 0.189. The van der Waals surface area contributed by atoms with E-state index in [1.165, 1.54) is 6.08 Å². The molecule has 5 heteroatoms. The zero-order valence-corrected chi connectivity index (χ0v) is 13.1. The van der Waals surface area contributed by atoms with Crippen molar-refractivity contribution in [3.63, 3.8) is 0 Å². The fraction of sp³-hybridized carbons (Fsp3) is 0.0625. The van der Waals surface area contributed by atoms with Gasteiger partial charge in [0.15, 0.2) is 0 Å². The molecule has 0 spiro atoms. The van der Waals surface area contributed by atoms with Crippen LogP contribution in [-0.2, 0) is 16.1 Å². The van der Waals surface area contributed by atoms with Crippen molar-refractivity contribution in [2.45, 2.75) is 6.61 Å². The van der Waals surface area contributed by atoms with Gasteiger partial charge in [0.1, 0.15) is 6.61 Å². The van der Waals surface area contributed by atoms with Crippen molar-refractivity contribution in [1.82, 2.24) is 0 Å². The lowest BCUT2D eigenvalue weighted by Gasteiger charge is -2.02. The number of halogens is 3. The van der Waals surface area contributed by atoms with E-state index in [9.17, 15) is 4.79 Å². The van der Waals surface area contributed by atoms with Gasteiger partial charge in [0.25, 0.3) is 0 Å². The van der Waals surface area contributed by atoms with E-state index < -0.39 is 5.97 Å². The molecule has 0 bridgehead atoms. The van der Waals surface area contributed by atoms with Gasteiger partial charge in [-0.25, -0.2) is 4.79 Å². The van der Waals surface area contributed by atoms with Gasteiger partial charge in [0, 0.05) is 21.1 Å². The molecule has 2 nitrogen and oxygen atoms in total. The number of hydrogen-bond acceptors (Lipinski definition) is 2. The molecule has 0 heterocycles. The summed E-state index contributed by atoms with van der Waals surface area (Å²) in [6, 6.07) is 12.1. The van der Waals surface area contributed by atoms with Crippen molar-refractivity contribution >= 4 is 46.8 Å². The summed E-state index contributed by atoms with van der Waals surface area (Å²) >= 11 is 17.6. The first-order valence-electron chi connectivity index (χ1n) is 6.09. The van der Waals surface area contributed by atoms with Crippen molar-refractivity contribution in [2.75, 3.05) is 0 Å². The molecule has 21 heavy (non-hydrogen) atoms. The van der Waals surface area contributed by atoms with Crippen LogP contribution < -0.4 is 0 Å². The highest BCUT2D eigenvalue weighted by molar-refractivity contribution is 6.35. The number of benzene rings is 2. The zero-order chi connectivity index (χ0) is 15.2. The number of rotatable bonds is 4. The summed E-state index contributed by atoms with van der Waals surface area (Å²) < 4.78 is 5.12. The first-order valence-corrected chi connectivity index (χ1v) is 7.22. The Morgan fingerprint density at radius 2 is 1.67 bits per heavy atom. The van der Waals surface area contributed by atoms with Crippen molar-refractivity contribution < 1.29 is 9.53 Å². The summed E-state index contributed by atoms with van der Waals surface area (Å²) in [7, 11) is 0. The molecule has 2 aromatic rings. The maximum atomic E-state index is 11.6. The van der Waals surface area contributed by atoms with E-state index in [1.54, 1.807) is 48.5 Å². The third-order valence-corrected chi connectivity index (χ3v) is 3.47. The normalized spacial score (nSPS) is 10.8. The monoisotopic (exact) mass is 340 g/mol. The van der Waals surface area contributed by atoms with Crippen LogP contribution in [0, 0.1) is 0 Å². The molecule has 0 saturated heterocycles. The maximum Gasteiger partial charge on any atom is 0.331 e. The van der Waals surface area contributed by atoms with E-state index in [0.717, 1.165) is 5.56 Å². The van der Waals surface area contributed by atoms with Gasteiger partial charge in [-0.15, -0.1) is 0 Å². The van der Waals surface area contributed by atoms with Gasteiger partial charge >= 0.3 is 5.97 Å². The van der Waals surface area contributed by atoms with Crippen LogP contribution in [-0.4, -0.2) is 5.97 Å². The third-order valence-electron chi connectivity index (χ3n) is 2.66. The second-order valence-corrected chi connectivity index (χ2v) is 5.51. The van der Waals surface area contributed by atoms with Gasteiger partial charge in [0.2, 0.25) is 0 Å². The molecule has 0 fully saturated rings. The first-order chi connectivity index (χ1) is 10.0. The first kappa shape index (κ1) is 15.9. The molecule has 0 N–H and O–H groups in total. The molecule has 2 aromatic carbocycles. The maximum absolute atomic E-state index is 11.6. The van der Waals surface area contributed by atoms with Crippen LogP contribution >= 0.6 is 34.8 Å². The van der Waals surface area contributed by atoms with Crippen LogP contribution in [0.2, 0.25) is 15.1 Å². The molecule has 0 aliphatic rings. The SMILES string of the molecule is O=C(C=Cc1ccc(Cl)cc1Cl)OCc1ccc(Cl)cc1.